The predicted octanol–water partition coefficient (Wildman–Crippen LogP) is 4.85. The van der Waals surface area contributed by atoms with Crippen molar-refractivity contribution in [1.82, 2.24) is 0 Å². The van der Waals surface area contributed by atoms with E-state index >= 15 is 0 Å². The lowest BCUT2D eigenvalue weighted by molar-refractivity contribution is 0.0439. The molecule has 0 heterocycles. The van der Waals surface area contributed by atoms with Crippen LogP contribution in [0.4, 0.5) is 0 Å². The Morgan fingerprint density at radius 1 is 0.957 bits per heavy atom. The molecule has 0 spiro atoms. The van der Waals surface area contributed by atoms with E-state index in [-0.39, 0.29) is 11.1 Å². The lowest BCUT2D eigenvalue weighted by atomic mass is 10.1. The van der Waals surface area contributed by atoms with Gasteiger partial charge in [0.05, 0.1) is 24.3 Å². The number of carbonyl (C=O) groups is 2. The largest absolute Gasteiger partial charge is 0.462 e. The fourth-order valence-electron chi connectivity index (χ4n) is 1.83. The molecule has 4 nitrogen and oxygen atoms in total. The van der Waals surface area contributed by atoms with Gasteiger partial charge < -0.3 is 9.47 Å². The highest BCUT2D eigenvalue weighted by Crippen LogP contribution is 2.23. The van der Waals surface area contributed by atoms with Gasteiger partial charge in [-0.2, -0.15) is 0 Å². The highest BCUT2D eigenvalue weighted by Gasteiger charge is 2.22. The third-order valence-corrected chi connectivity index (χ3v) is 3.96. The van der Waals surface area contributed by atoms with Crippen molar-refractivity contribution in [2.45, 2.75) is 40.5 Å². The Balaban J connectivity index is 2.82. The van der Waals surface area contributed by atoms with Crippen molar-refractivity contribution >= 4 is 27.9 Å². The van der Waals surface area contributed by atoms with E-state index in [9.17, 15) is 9.59 Å². The van der Waals surface area contributed by atoms with Crippen LogP contribution in [0, 0.1) is 11.8 Å². The normalized spacial score (nSPS) is 10.9. The molecule has 0 saturated heterocycles. The summed E-state index contributed by atoms with van der Waals surface area (Å²) in [5.41, 5.74) is 0.462. The quantitative estimate of drug-likeness (QED) is 0.600. The Hall–Kier alpha value is -1.36. The molecule has 1 rings (SSSR count). The van der Waals surface area contributed by atoms with Gasteiger partial charge in [-0.1, -0.05) is 33.8 Å². The van der Waals surface area contributed by atoms with Gasteiger partial charge in [-0.05, 0) is 52.7 Å². The Labute approximate surface area is 146 Å². The van der Waals surface area contributed by atoms with E-state index in [2.05, 4.69) is 43.6 Å². The Morgan fingerprint density at radius 3 is 2.00 bits per heavy atom. The van der Waals surface area contributed by atoms with E-state index in [4.69, 9.17) is 9.47 Å². The van der Waals surface area contributed by atoms with Crippen LogP contribution in [-0.2, 0) is 9.47 Å². The van der Waals surface area contributed by atoms with E-state index in [1.54, 1.807) is 18.2 Å². The van der Waals surface area contributed by atoms with Crippen molar-refractivity contribution in [2.75, 3.05) is 13.2 Å². The van der Waals surface area contributed by atoms with Crippen LogP contribution in [0.2, 0.25) is 0 Å². The maximum atomic E-state index is 12.3. The maximum Gasteiger partial charge on any atom is 0.340 e. The van der Waals surface area contributed by atoms with Crippen molar-refractivity contribution in [1.29, 1.82) is 0 Å². The zero-order valence-corrected chi connectivity index (χ0v) is 15.8. The number of halogens is 1. The average Bonchev–Trinajstić information content (AvgIpc) is 2.45. The van der Waals surface area contributed by atoms with Crippen LogP contribution >= 0.6 is 15.9 Å². The number of hydrogen-bond donors (Lipinski definition) is 0. The second-order valence-corrected chi connectivity index (χ2v) is 7.15. The molecule has 5 heteroatoms. The molecule has 0 aliphatic heterocycles. The number of benzene rings is 1. The van der Waals surface area contributed by atoms with Crippen LogP contribution in [0.3, 0.4) is 0 Å². The van der Waals surface area contributed by atoms with Crippen LogP contribution in [0.15, 0.2) is 22.7 Å². The standard InChI is InChI=1S/C18H25BrO4/c1-12(2)8-10-22-17(20)14-6-5-7-15(19)16(14)18(21)23-11-9-13(3)4/h5-7,12-13H,8-11H2,1-4H3. The van der Waals surface area contributed by atoms with Crippen LogP contribution < -0.4 is 0 Å². The van der Waals surface area contributed by atoms with Gasteiger partial charge in [-0.3, -0.25) is 0 Å². The number of ether oxygens (including phenoxy) is 2. The van der Waals surface area contributed by atoms with E-state index in [0.29, 0.717) is 29.5 Å². The molecule has 0 aliphatic rings. The average molecular weight is 385 g/mol. The summed E-state index contributed by atoms with van der Waals surface area (Å²) in [7, 11) is 0. The first kappa shape index (κ1) is 19.7. The predicted molar refractivity (Wildman–Crippen MR) is 93.6 cm³/mol. The van der Waals surface area contributed by atoms with E-state index < -0.39 is 11.9 Å². The summed E-state index contributed by atoms with van der Waals surface area (Å²) in [5.74, 6) is -0.107. The lowest BCUT2D eigenvalue weighted by Gasteiger charge is -2.12. The summed E-state index contributed by atoms with van der Waals surface area (Å²) in [6.07, 6.45) is 1.57. The lowest BCUT2D eigenvalue weighted by Crippen LogP contribution is -2.16. The summed E-state index contributed by atoms with van der Waals surface area (Å²) in [4.78, 5) is 24.5. The SMILES string of the molecule is CC(C)CCOC(=O)c1cccc(Br)c1C(=O)OCCC(C)C. The fourth-order valence-corrected chi connectivity index (χ4v) is 2.35. The fraction of sp³-hybridized carbons (Fsp3) is 0.556. The molecular weight excluding hydrogens is 360 g/mol. The third kappa shape index (κ3) is 6.73. The highest BCUT2D eigenvalue weighted by molar-refractivity contribution is 9.10. The van der Waals surface area contributed by atoms with E-state index in [1.807, 2.05) is 0 Å². The van der Waals surface area contributed by atoms with Gasteiger partial charge in [0, 0.05) is 4.47 Å². The number of hydrogen-bond acceptors (Lipinski definition) is 4. The first-order valence-corrected chi connectivity index (χ1v) is 8.75. The van der Waals surface area contributed by atoms with Crippen LogP contribution in [0.1, 0.15) is 61.3 Å². The van der Waals surface area contributed by atoms with Gasteiger partial charge in [0.2, 0.25) is 0 Å². The molecule has 0 bridgehead atoms. The molecule has 0 aromatic heterocycles. The summed E-state index contributed by atoms with van der Waals surface area (Å²) in [6, 6.07) is 5.00. The molecule has 0 N–H and O–H groups in total. The molecule has 0 amide bonds. The molecule has 0 radical (unpaired) electrons. The minimum atomic E-state index is -0.506. The first-order chi connectivity index (χ1) is 10.8. The summed E-state index contributed by atoms with van der Waals surface area (Å²) < 4.78 is 11.1. The van der Waals surface area contributed by atoms with E-state index in [1.165, 1.54) is 0 Å². The van der Waals surface area contributed by atoms with Crippen molar-refractivity contribution < 1.29 is 19.1 Å². The van der Waals surface area contributed by atoms with Crippen molar-refractivity contribution in [3.8, 4) is 0 Å². The molecule has 23 heavy (non-hydrogen) atoms. The maximum absolute atomic E-state index is 12.3. The molecule has 128 valence electrons. The Morgan fingerprint density at radius 2 is 1.48 bits per heavy atom. The zero-order valence-electron chi connectivity index (χ0n) is 14.2. The Bertz CT molecular complexity index is 538. The van der Waals surface area contributed by atoms with E-state index in [0.717, 1.165) is 12.8 Å². The molecule has 0 unspecified atom stereocenters. The molecule has 0 saturated carbocycles. The number of carbonyl (C=O) groups excluding carboxylic acids is 2. The van der Waals surface area contributed by atoms with Gasteiger partial charge >= 0.3 is 11.9 Å². The smallest absolute Gasteiger partial charge is 0.340 e. The number of rotatable bonds is 8. The highest BCUT2D eigenvalue weighted by atomic mass is 79.9. The van der Waals surface area contributed by atoms with Crippen molar-refractivity contribution in [2.24, 2.45) is 11.8 Å². The second kappa shape index (κ2) is 9.71. The molecule has 1 aromatic carbocycles. The monoisotopic (exact) mass is 384 g/mol. The Kier molecular flexibility index (Phi) is 8.31. The topological polar surface area (TPSA) is 52.6 Å². The summed E-state index contributed by atoms with van der Waals surface area (Å²) >= 11 is 3.32. The van der Waals surface area contributed by atoms with Crippen LogP contribution in [0.5, 0.6) is 0 Å². The summed E-state index contributed by atoms with van der Waals surface area (Å²) in [5, 5.41) is 0. The van der Waals surface area contributed by atoms with Gasteiger partial charge in [0.25, 0.3) is 0 Å². The first-order valence-electron chi connectivity index (χ1n) is 7.95. The summed E-state index contributed by atoms with van der Waals surface area (Å²) in [6.45, 7) is 8.91. The van der Waals surface area contributed by atoms with Gasteiger partial charge in [0.15, 0.2) is 0 Å². The molecular formula is C18H25BrO4. The van der Waals surface area contributed by atoms with Crippen molar-refractivity contribution in [3.63, 3.8) is 0 Å². The minimum Gasteiger partial charge on any atom is -0.462 e. The van der Waals surface area contributed by atoms with Gasteiger partial charge in [-0.15, -0.1) is 0 Å². The van der Waals surface area contributed by atoms with Gasteiger partial charge in [-0.25, -0.2) is 9.59 Å². The minimum absolute atomic E-state index is 0.228. The van der Waals surface area contributed by atoms with Crippen LogP contribution in [-0.4, -0.2) is 25.2 Å². The molecule has 0 atom stereocenters. The number of esters is 2. The van der Waals surface area contributed by atoms with Crippen LogP contribution in [0.25, 0.3) is 0 Å². The molecule has 1 aromatic rings. The molecule has 0 aliphatic carbocycles. The van der Waals surface area contributed by atoms with Crippen molar-refractivity contribution in [3.05, 3.63) is 33.8 Å². The zero-order chi connectivity index (χ0) is 17.4. The van der Waals surface area contributed by atoms with Gasteiger partial charge in [0.1, 0.15) is 0 Å². The third-order valence-electron chi connectivity index (χ3n) is 3.29. The molecule has 0 fully saturated rings. The second-order valence-electron chi connectivity index (χ2n) is 6.30.